The van der Waals surface area contributed by atoms with Crippen molar-refractivity contribution in [1.29, 1.82) is 0 Å². The van der Waals surface area contributed by atoms with Crippen LogP contribution >= 0.6 is 23.4 Å². The summed E-state index contributed by atoms with van der Waals surface area (Å²) in [4.78, 5) is 13.2. The molecule has 7 nitrogen and oxygen atoms in total. The van der Waals surface area contributed by atoms with Crippen LogP contribution in [0.1, 0.15) is 17.4 Å². The molecule has 0 saturated carbocycles. The summed E-state index contributed by atoms with van der Waals surface area (Å²) >= 11 is 7.40. The molecule has 2 heterocycles. The summed E-state index contributed by atoms with van der Waals surface area (Å²) in [5, 5.41) is 12.0. The molecule has 4 rings (SSSR count). The lowest BCUT2D eigenvalue weighted by Gasteiger charge is -2.32. The first-order valence-electron chi connectivity index (χ1n) is 8.61. The van der Waals surface area contributed by atoms with Gasteiger partial charge in [-0.25, -0.2) is 4.68 Å². The molecule has 1 aliphatic rings. The van der Waals surface area contributed by atoms with Gasteiger partial charge in [-0.1, -0.05) is 47.6 Å². The van der Waals surface area contributed by atoms with E-state index < -0.39 is 5.25 Å². The normalized spacial score (nSPS) is 18.1. The van der Waals surface area contributed by atoms with Crippen molar-refractivity contribution in [2.24, 2.45) is 0 Å². The maximum Gasteiger partial charge on any atom is 0.240 e. The molecule has 2 atom stereocenters. The number of nitrogens with one attached hydrogen (secondary N) is 2. The second-order valence-electron chi connectivity index (χ2n) is 6.25. The van der Waals surface area contributed by atoms with Crippen molar-refractivity contribution < 1.29 is 9.53 Å². The number of amides is 1. The molecular weight excluding hydrogens is 398 g/mol. The average Bonchev–Trinajstić information content (AvgIpc) is 3.08. The van der Waals surface area contributed by atoms with Gasteiger partial charge in [0, 0.05) is 5.02 Å². The van der Waals surface area contributed by atoms with Crippen molar-refractivity contribution in [3.8, 4) is 5.75 Å². The van der Waals surface area contributed by atoms with Gasteiger partial charge in [0.05, 0.1) is 18.8 Å². The number of ether oxygens (including phenoxy) is 1. The van der Waals surface area contributed by atoms with Gasteiger partial charge < -0.3 is 15.5 Å². The fourth-order valence-corrected chi connectivity index (χ4v) is 4.28. The van der Waals surface area contributed by atoms with Gasteiger partial charge in [-0.15, -0.1) is 10.2 Å². The number of fused-ring (bicyclic) bond motifs is 1. The highest BCUT2D eigenvalue weighted by Gasteiger charge is 2.37. The Morgan fingerprint density at radius 3 is 2.71 bits per heavy atom. The van der Waals surface area contributed by atoms with Crippen molar-refractivity contribution in [2.45, 2.75) is 23.4 Å². The third-order valence-corrected chi connectivity index (χ3v) is 5.92. The Labute approximate surface area is 171 Å². The molecule has 1 aliphatic heterocycles. The molecule has 2 aromatic carbocycles. The Morgan fingerprint density at radius 1 is 1.21 bits per heavy atom. The number of benzene rings is 2. The van der Waals surface area contributed by atoms with Gasteiger partial charge in [0.2, 0.25) is 11.1 Å². The zero-order valence-corrected chi connectivity index (χ0v) is 16.8. The van der Waals surface area contributed by atoms with Gasteiger partial charge >= 0.3 is 0 Å². The van der Waals surface area contributed by atoms with E-state index in [1.54, 1.807) is 17.9 Å². The van der Waals surface area contributed by atoms with Gasteiger partial charge in [-0.05, 0) is 36.8 Å². The molecule has 0 spiro atoms. The number of halogens is 1. The fourth-order valence-electron chi connectivity index (χ4n) is 3.03. The Morgan fingerprint density at radius 2 is 1.96 bits per heavy atom. The second kappa shape index (κ2) is 7.73. The van der Waals surface area contributed by atoms with Crippen LogP contribution in [0.2, 0.25) is 5.02 Å². The van der Waals surface area contributed by atoms with E-state index in [4.69, 9.17) is 16.3 Å². The molecule has 2 N–H and O–H groups in total. The highest BCUT2D eigenvalue weighted by molar-refractivity contribution is 8.00. The first-order chi connectivity index (χ1) is 13.6. The Bertz CT molecular complexity index is 1010. The Hall–Kier alpha value is -2.71. The van der Waals surface area contributed by atoms with Crippen molar-refractivity contribution in [1.82, 2.24) is 14.9 Å². The van der Waals surface area contributed by atoms with Gasteiger partial charge in [0.25, 0.3) is 0 Å². The van der Waals surface area contributed by atoms with E-state index in [2.05, 4.69) is 20.9 Å². The summed E-state index contributed by atoms with van der Waals surface area (Å²) in [6.45, 7) is 1.86. The molecule has 0 saturated heterocycles. The molecule has 0 fully saturated rings. The van der Waals surface area contributed by atoms with Crippen molar-refractivity contribution in [3.05, 3.63) is 64.9 Å². The summed E-state index contributed by atoms with van der Waals surface area (Å²) in [7, 11) is 1.57. The number of carbonyl (C=O) groups is 1. The minimum absolute atomic E-state index is 0.158. The van der Waals surface area contributed by atoms with E-state index in [1.165, 1.54) is 11.8 Å². The molecule has 2 unspecified atom stereocenters. The summed E-state index contributed by atoms with van der Waals surface area (Å²) in [5.74, 6) is 1.17. The van der Waals surface area contributed by atoms with Gasteiger partial charge in [-0.2, -0.15) is 0 Å². The lowest BCUT2D eigenvalue weighted by atomic mass is 10.0. The minimum Gasteiger partial charge on any atom is -0.495 e. The number of anilines is 1. The number of hydrogen-bond donors (Lipinski definition) is 2. The van der Waals surface area contributed by atoms with Crippen LogP contribution in [-0.4, -0.2) is 33.1 Å². The standard InChI is InChI=1S/C19H18ClN5O2S/c1-11-22-23-19-25(11)24-16(12-7-9-13(20)10-8-12)17(28-19)18(26)21-14-5-3-4-6-15(14)27-2/h3-10,16-17,24H,1-2H3,(H,21,26). The molecular formula is C19H18ClN5O2S. The topological polar surface area (TPSA) is 81.1 Å². The van der Waals surface area contributed by atoms with Crippen LogP contribution in [0.15, 0.2) is 53.7 Å². The second-order valence-corrected chi connectivity index (χ2v) is 7.80. The van der Waals surface area contributed by atoms with Gasteiger partial charge in [0.1, 0.15) is 16.8 Å². The third-order valence-electron chi connectivity index (χ3n) is 4.45. The van der Waals surface area contributed by atoms with Crippen molar-refractivity contribution in [3.63, 3.8) is 0 Å². The number of thioether (sulfide) groups is 1. The SMILES string of the molecule is COc1ccccc1NC(=O)C1Sc2nnc(C)n2NC1c1ccc(Cl)cc1. The van der Waals surface area contributed by atoms with Gasteiger partial charge in [-0.3, -0.25) is 4.79 Å². The lowest BCUT2D eigenvalue weighted by Crippen LogP contribution is -2.41. The first-order valence-corrected chi connectivity index (χ1v) is 9.87. The number of para-hydroxylation sites is 2. The van der Waals surface area contributed by atoms with E-state index in [9.17, 15) is 4.79 Å². The van der Waals surface area contributed by atoms with E-state index in [0.717, 1.165) is 11.4 Å². The summed E-state index contributed by atoms with van der Waals surface area (Å²) in [6.07, 6.45) is 0. The number of methoxy groups -OCH3 is 1. The first kappa shape index (κ1) is 18.6. The fraction of sp³-hybridized carbons (Fsp3) is 0.211. The number of aryl methyl sites for hydroxylation is 1. The van der Waals surface area contributed by atoms with Crippen LogP contribution in [-0.2, 0) is 4.79 Å². The highest BCUT2D eigenvalue weighted by Crippen LogP contribution is 2.38. The summed E-state index contributed by atoms with van der Waals surface area (Å²) < 4.78 is 7.14. The third kappa shape index (κ3) is 3.53. The maximum atomic E-state index is 13.2. The van der Waals surface area contributed by atoms with Crippen molar-refractivity contribution in [2.75, 3.05) is 17.9 Å². The lowest BCUT2D eigenvalue weighted by molar-refractivity contribution is -0.116. The van der Waals surface area contributed by atoms with E-state index in [1.807, 2.05) is 49.4 Å². The number of rotatable bonds is 4. The van der Waals surface area contributed by atoms with E-state index in [-0.39, 0.29) is 11.9 Å². The van der Waals surface area contributed by atoms with Gasteiger partial charge in [0.15, 0.2) is 0 Å². The molecule has 0 aliphatic carbocycles. The number of carbonyl (C=O) groups excluding carboxylic acids is 1. The molecule has 28 heavy (non-hydrogen) atoms. The molecule has 144 valence electrons. The molecule has 1 aromatic heterocycles. The van der Waals surface area contributed by atoms with Crippen molar-refractivity contribution >= 4 is 35.0 Å². The minimum atomic E-state index is -0.470. The van der Waals surface area contributed by atoms with Crippen LogP contribution in [0.25, 0.3) is 0 Å². The van der Waals surface area contributed by atoms with Crippen LogP contribution in [0.3, 0.4) is 0 Å². The number of aromatic nitrogens is 3. The number of hydrogen-bond acceptors (Lipinski definition) is 6. The largest absolute Gasteiger partial charge is 0.495 e. The predicted octanol–water partition coefficient (Wildman–Crippen LogP) is 3.65. The highest BCUT2D eigenvalue weighted by atomic mass is 35.5. The van der Waals surface area contributed by atoms with E-state index in [0.29, 0.717) is 21.6 Å². The smallest absolute Gasteiger partial charge is 0.240 e. The summed E-state index contributed by atoms with van der Waals surface area (Å²) in [6, 6.07) is 14.5. The molecule has 1 amide bonds. The molecule has 3 aromatic rings. The molecule has 0 bridgehead atoms. The Balaban J connectivity index is 1.67. The van der Waals surface area contributed by atoms with E-state index >= 15 is 0 Å². The summed E-state index contributed by atoms with van der Waals surface area (Å²) in [5.41, 5.74) is 4.92. The van der Waals surface area contributed by atoms with Crippen LogP contribution in [0.5, 0.6) is 5.75 Å². The molecule has 9 heteroatoms. The van der Waals surface area contributed by atoms with Crippen LogP contribution in [0.4, 0.5) is 5.69 Å². The zero-order valence-electron chi connectivity index (χ0n) is 15.2. The quantitative estimate of drug-likeness (QED) is 0.677. The van der Waals surface area contributed by atoms with Crippen LogP contribution < -0.4 is 15.5 Å². The molecule has 0 radical (unpaired) electrons. The number of nitrogens with zero attached hydrogens (tertiary/aromatic N) is 3. The van der Waals surface area contributed by atoms with Crippen LogP contribution in [0, 0.1) is 6.92 Å². The maximum absolute atomic E-state index is 13.2. The monoisotopic (exact) mass is 415 g/mol. The Kier molecular flexibility index (Phi) is 5.15. The zero-order chi connectivity index (χ0) is 19.7. The predicted molar refractivity (Wildman–Crippen MR) is 110 cm³/mol. The average molecular weight is 416 g/mol.